The summed E-state index contributed by atoms with van der Waals surface area (Å²) in [5.41, 5.74) is 4.03. The molecule has 112 valence electrons. The van der Waals surface area contributed by atoms with Crippen molar-refractivity contribution in [2.45, 2.75) is 33.7 Å². The van der Waals surface area contributed by atoms with Crippen molar-refractivity contribution in [1.29, 1.82) is 0 Å². The SMILES string of the molecule is CCNC(c1cncc(OCC)c1)c1cc(C)nnc1C. The monoisotopic (exact) mass is 286 g/mol. The minimum atomic E-state index is 0.0390. The third kappa shape index (κ3) is 3.76. The Morgan fingerprint density at radius 3 is 2.67 bits per heavy atom. The van der Waals surface area contributed by atoms with E-state index in [1.807, 2.05) is 33.0 Å². The minimum absolute atomic E-state index is 0.0390. The lowest BCUT2D eigenvalue weighted by Gasteiger charge is -2.20. The van der Waals surface area contributed by atoms with E-state index < -0.39 is 0 Å². The summed E-state index contributed by atoms with van der Waals surface area (Å²) in [6.07, 6.45) is 3.60. The molecule has 2 aromatic rings. The molecule has 0 aliphatic rings. The second kappa shape index (κ2) is 7.13. The highest BCUT2D eigenvalue weighted by Crippen LogP contribution is 2.26. The first-order valence-corrected chi connectivity index (χ1v) is 7.27. The first kappa shape index (κ1) is 15.4. The van der Waals surface area contributed by atoms with Crippen LogP contribution in [0.1, 0.15) is 42.4 Å². The van der Waals surface area contributed by atoms with Crippen molar-refractivity contribution in [3.8, 4) is 5.75 Å². The zero-order valence-corrected chi connectivity index (χ0v) is 13.1. The van der Waals surface area contributed by atoms with E-state index in [1.54, 1.807) is 6.20 Å². The zero-order valence-electron chi connectivity index (χ0n) is 13.1. The molecule has 0 amide bonds. The topological polar surface area (TPSA) is 59.9 Å². The van der Waals surface area contributed by atoms with Crippen molar-refractivity contribution in [1.82, 2.24) is 20.5 Å². The number of hydrogen-bond donors (Lipinski definition) is 1. The highest BCUT2D eigenvalue weighted by Gasteiger charge is 2.17. The lowest BCUT2D eigenvalue weighted by atomic mass is 9.98. The molecule has 1 N–H and O–H groups in total. The summed E-state index contributed by atoms with van der Waals surface area (Å²) in [4.78, 5) is 4.28. The molecule has 2 rings (SSSR count). The Kier molecular flexibility index (Phi) is 5.22. The quantitative estimate of drug-likeness (QED) is 0.884. The van der Waals surface area contributed by atoms with Crippen molar-refractivity contribution < 1.29 is 4.74 Å². The smallest absolute Gasteiger partial charge is 0.137 e. The van der Waals surface area contributed by atoms with Gasteiger partial charge in [-0.2, -0.15) is 10.2 Å². The molecule has 0 spiro atoms. The van der Waals surface area contributed by atoms with Gasteiger partial charge < -0.3 is 10.1 Å². The molecular weight excluding hydrogens is 264 g/mol. The van der Waals surface area contributed by atoms with Crippen LogP contribution in [0.4, 0.5) is 0 Å². The molecule has 1 atom stereocenters. The van der Waals surface area contributed by atoms with Crippen LogP contribution in [-0.2, 0) is 0 Å². The van der Waals surface area contributed by atoms with Crippen LogP contribution in [0.5, 0.6) is 5.75 Å². The van der Waals surface area contributed by atoms with Gasteiger partial charge >= 0.3 is 0 Å². The van der Waals surface area contributed by atoms with E-state index in [0.29, 0.717) is 6.61 Å². The number of ether oxygens (including phenoxy) is 1. The average Bonchev–Trinajstić information content (AvgIpc) is 2.48. The Hall–Kier alpha value is -2.01. The summed E-state index contributed by atoms with van der Waals surface area (Å²) in [6, 6.07) is 4.14. The van der Waals surface area contributed by atoms with Crippen molar-refractivity contribution in [2.24, 2.45) is 0 Å². The summed E-state index contributed by atoms with van der Waals surface area (Å²) < 4.78 is 5.55. The average molecular weight is 286 g/mol. The Labute approximate surface area is 125 Å². The molecule has 21 heavy (non-hydrogen) atoms. The molecule has 0 fully saturated rings. The fourth-order valence-corrected chi connectivity index (χ4v) is 2.31. The van der Waals surface area contributed by atoms with Crippen LogP contribution in [0.15, 0.2) is 24.5 Å². The van der Waals surface area contributed by atoms with E-state index in [-0.39, 0.29) is 6.04 Å². The van der Waals surface area contributed by atoms with Crippen LogP contribution in [0.25, 0.3) is 0 Å². The molecule has 0 saturated heterocycles. The van der Waals surface area contributed by atoms with Gasteiger partial charge in [-0.1, -0.05) is 6.92 Å². The molecule has 0 radical (unpaired) electrons. The number of aromatic nitrogens is 3. The molecule has 2 aromatic heterocycles. The highest BCUT2D eigenvalue weighted by atomic mass is 16.5. The van der Waals surface area contributed by atoms with Crippen LogP contribution in [0.2, 0.25) is 0 Å². The van der Waals surface area contributed by atoms with Gasteiger partial charge in [0.1, 0.15) is 5.75 Å². The Morgan fingerprint density at radius 1 is 1.14 bits per heavy atom. The van der Waals surface area contributed by atoms with Gasteiger partial charge in [-0.15, -0.1) is 0 Å². The third-order valence-corrected chi connectivity index (χ3v) is 3.24. The van der Waals surface area contributed by atoms with Crippen LogP contribution in [0, 0.1) is 13.8 Å². The molecule has 5 heteroatoms. The molecule has 5 nitrogen and oxygen atoms in total. The van der Waals surface area contributed by atoms with E-state index in [1.165, 1.54) is 0 Å². The first-order valence-electron chi connectivity index (χ1n) is 7.27. The Balaban J connectivity index is 2.42. The molecule has 0 aliphatic carbocycles. The maximum Gasteiger partial charge on any atom is 0.137 e. The van der Waals surface area contributed by atoms with E-state index >= 15 is 0 Å². The Bertz CT molecular complexity index is 601. The van der Waals surface area contributed by atoms with E-state index in [4.69, 9.17) is 4.74 Å². The van der Waals surface area contributed by atoms with E-state index in [2.05, 4.69) is 33.5 Å². The van der Waals surface area contributed by atoms with E-state index in [9.17, 15) is 0 Å². The summed E-state index contributed by atoms with van der Waals surface area (Å²) >= 11 is 0. The second-order valence-corrected chi connectivity index (χ2v) is 4.90. The molecule has 2 heterocycles. The highest BCUT2D eigenvalue weighted by molar-refractivity contribution is 5.36. The van der Waals surface area contributed by atoms with Gasteiger partial charge in [0.05, 0.1) is 30.2 Å². The molecular formula is C16H22N4O. The third-order valence-electron chi connectivity index (χ3n) is 3.24. The van der Waals surface area contributed by atoms with Crippen LogP contribution in [-0.4, -0.2) is 28.3 Å². The molecule has 0 saturated carbocycles. The van der Waals surface area contributed by atoms with Gasteiger partial charge in [0.2, 0.25) is 0 Å². The standard InChI is InChI=1S/C16H22N4O/c1-5-18-16(15-7-11(3)19-20-12(15)4)13-8-14(21-6-2)10-17-9-13/h7-10,16,18H,5-6H2,1-4H3. The first-order chi connectivity index (χ1) is 10.2. The van der Waals surface area contributed by atoms with Crippen molar-refractivity contribution in [2.75, 3.05) is 13.2 Å². The largest absolute Gasteiger partial charge is 0.492 e. The zero-order chi connectivity index (χ0) is 15.2. The van der Waals surface area contributed by atoms with Gasteiger partial charge in [-0.05, 0) is 50.6 Å². The maximum atomic E-state index is 5.55. The van der Waals surface area contributed by atoms with E-state index in [0.717, 1.165) is 34.8 Å². The number of hydrogen-bond acceptors (Lipinski definition) is 5. The lowest BCUT2D eigenvalue weighted by Crippen LogP contribution is -2.23. The maximum absolute atomic E-state index is 5.55. The number of nitrogens with zero attached hydrogens (tertiary/aromatic N) is 3. The number of aryl methyl sites for hydroxylation is 2. The number of rotatable bonds is 6. The van der Waals surface area contributed by atoms with Crippen molar-refractivity contribution in [3.05, 3.63) is 47.0 Å². The normalized spacial score (nSPS) is 12.2. The molecule has 1 unspecified atom stereocenters. The second-order valence-electron chi connectivity index (χ2n) is 4.90. The number of nitrogens with one attached hydrogen (secondary N) is 1. The Morgan fingerprint density at radius 2 is 1.95 bits per heavy atom. The molecule has 0 bridgehead atoms. The van der Waals surface area contributed by atoms with Crippen LogP contribution < -0.4 is 10.1 Å². The minimum Gasteiger partial charge on any atom is -0.492 e. The summed E-state index contributed by atoms with van der Waals surface area (Å²) in [5, 5.41) is 11.8. The molecule has 0 aliphatic heterocycles. The van der Waals surface area contributed by atoms with Crippen molar-refractivity contribution in [3.63, 3.8) is 0 Å². The summed E-state index contributed by atoms with van der Waals surface area (Å²) in [5.74, 6) is 0.786. The summed E-state index contributed by atoms with van der Waals surface area (Å²) in [6.45, 7) is 9.47. The fraction of sp³-hybridized carbons (Fsp3) is 0.438. The molecule has 0 aromatic carbocycles. The fourth-order valence-electron chi connectivity index (χ4n) is 2.31. The predicted molar refractivity (Wildman–Crippen MR) is 82.4 cm³/mol. The van der Waals surface area contributed by atoms with Gasteiger partial charge in [0, 0.05) is 6.20 Å². The van der Waals surface area contributed by atoms with Crippen molar-refractivity contribution >= 4 is 0 Å². The van der Waals surface area contributed by atoms with Gasteiger partial charge in [0.15, 0.2) is 0 Å². The van der Waals surface area contributed by atoms with Crippen LogP contribution >= 0.6 is 0 Å². The van der Waals surface area contributed by atoms with Crippen LogP contribution in [0.3, 0.4) is 0 Å². The predicted octanol–water partition coefficient (Wildman–Crippen LogP) is 2.59. The summed E-state index contributed by atoms with van der Waals surface area (Å²) in [7, 11) is 0. The van der Waals surface area contributed by atoms with Gasteiger partial charge in [-0.25, -0.2) is 0 Å². The van der Waals surface area contributed by atoms with Gasteiger partial charge in [-0.3, -0.25) is 4.98 Å². The van der Waals surface area contributed by atoms with Gasteiger partial charge in [0.25, 0.3) is 0 Å². The number of pyridine rings is 1. The lowest BCUT2D eigenvalue weighted by molar-refractivity contribution is 0.338.